The fraction of sp³-hybridized carbons (Fsp3) is 0.257. The van der Waals surface area contributed by atoms with Gasteiger partial charge in [0.2, 0.25) is 0 Å². The van der Waals surface area contributed by atoms with Crippen LogP contribution in [0.5, 0.6) is 0 Å². The number of allylic oxidation sites excluding steroid dienone is 15. The Morgan fingerprint density at radius 2 is 1.70 bits per heavy atom. The van der Waals surface area contributed by atoms with Crippen molar-refractivity contribution in [2.24, 2.45) is 0 Å². The van der Waals surface area contributed by atoms with E-state index in [1.807, 2.05) is 38.6 Å². The minimum absolute atomic E-state index is 0.172. The van der Waals surface area contributed by atoms with Crippen molar-refractivity contribution in [2.75, 3.05) is 0 Å². The number of hydrogen-bond donors (Lipinski definition) is 0. The SMILES string of the molecule is C=C(C)/C=C(\C=C/CC)C1=C(C2=CC(c3ccncc3)=CC(c3ccncc3)C=C2)CCCC=C1.CC. The Hall–Kier alpha value is -3.78. The minimum Gasteiger partial charge on any atom is -0.265 e. The van der Waals surface area contributed by atoms with Crippen molar-refractivity contribution < 1.29 is 0 Å². The van der Waals surface area contributed by atoms with Gasteiger partial charge >= 0.3 is 0 Å². The molecule has 1 atom stereocenters. The molecule has 0 bridgehead atoms. The normalized spacial score (nSPS) is 17.9. The third-order valence-electron chi connectivity index (χ3n) is 6.26. The van der Waals surface area contributed by atoms with Crippen molar-refractivity contribution in [1.82, 2.24) is 9.97 Å². The summed E-state index contributed by atoms with van der Waals surface area (Å²) in [5.41, 5.74) is 9.86. The average molecular weight is 489 g/mol. The highest BCUT2D eigenvalue weighted by Gasteiger charge is 2.17. The van der Waals surface area contributed by atoms with Gasteiger partial charge in [-0.2, -0.15) is 0 Å². The van der Waals surface area contributed by atoms with E-state index in [0.29, 0.717) is 0 Å². The molecule has 2 aliphatic carbocycles. The Balaban J connectivity index is 0.00000186. The molecule has 0 aromatic carbocycles. The Kier molecular flexibility index (Phi) is 11.0. The number of aromatic nitrogens is 2. The van der Waals surface area contributed by atoms with Crippen molar-refractivity contribution in [3.05, 3.63) is 149 Å². The number of rotatable bonds is 7. The van der Waals surface area contributed by atoms with Gasteiger partial charge in [-0.25, -0.2) is 0 Å². The van der Waals surface area contributed by atoms with E-state index in [0.717, 1.165) is 31.3 Å². The Bertz CT molecular complexity index is 1250. The van der Waals surface area contributed by atoms with Crippen molar-refractivity contribution in [3.63, 3.8) is 0 Å². The summed E-state index contributed by atoms with van der Waals surface area (Å²) in [6, 6.07) is 8.38. The molecule has 37 heavy (non-hydrogen) atoms. The second kappa shape index (κ2) is 14.7. The molecule has 0 aliphatic heterocycles. The first kappa shape index (κ1) is 27.8. The molecule has 4 rings (SSSR count). The topological polar surface area (TPSA) is 25.8 Å². The summed E-state index contributed by atoms with van der Waals surface area (Å²) in [6.07, 6.45) is 32.4. The van der Waals surface area contributed by atoms with E-state index >= 15 is 0 Å². The molecule has 0 saturated heterocycles. The van der Waals surface area contributed by atoms with Crippen LogP contribution in [0.4, 0.5) is 0 Å². The van der Waals surface area contributed by atoms with Crippen LogP contribution in [-0.2, 0) is 0 Å². The number of hydrogen-bond acceptors (Lipinski definition) is 2. The summed E-state index contributed by atoms with van der Waals surface area (Å²) in [6.45, 7) is 12.4. The van der Waals surface area contributed by atoms with Crippen LogP contribution in [0.25, 0.3) is 5.57 Å². The third-order valence-corrected chi connectivity index (χ3v) is 6.26. The summed E-state index contributed by atoms with van der Waals surface area (Å²) in [7, 11) is 0. The molecule has 0 spiro atoms. The lowest BCUT2D eigenvalue weighted by Crippen LogP contribution is -1.96. The zero-order valence-electron chi connectivity index (χ0n) is 22.8. The summed E-state index contributed by atoms with van der Waals surface area (Å²) in [5.74, 6) is 0.172. The zero-order chi connectivity index (χ0) is 26.5. The van der Waals surface area contributed by atoms with E-state index < -0.39 is 0 Å². The van der Waals surface area contributed by atoms with Gasteiger partial charge in [0, 0.05) is 30.7 Å². The largest absolute Gasteiger partial charge is 0.265 e. The van der Waals surface area contributed by atoms with Crippen LogP contribution in [-0.4, -0.2) is 9.97 Å². The molecule has 0 saturated carbocycles. The van der Waals surface area contributed by atoms with Gasteiger partial charge < -0.3 is 0 Å². The van der Waals surface area contributed by atoms with Gasteiger partial charge in [0.05, 0.1) is 0 Å². The first-order valence-electron chi connectivity index (χ1n) is 13.5. The zero-order valence-corrected chi connectivity index (χ0v) is 22.8. The van der Waals surface area contributed by atoms with E-state index in [-0.39, 0.29) is 5.92 Å². The molecule has 2 nitrogen and oxygen atoms in total. The first-order valence-corrected chi connectivity index (χ1v) is 13.5. The second-order valence-electron chi connectivity index (χ2n) is 9.07. The van der Waals surface area contributed by atoms with E-state index in [9.17, 15) is 0 Å². The lowest BCUT2D eigenvalue weighted by atomic mass is 9.89. The van der Waals surface area contributed by atoms with Gasteiger partial charge in [-0.1, -0.05) is 81.5 Å². The highest BCUT2D eigenvalue weighted by atomic mass is 14.6. The Labute approximate surface area is 224 Å². The molecule has 0 radical (unpaired) electrons. The molecule has 1 unspecified atom stereocenters. The summed E-state index contributed by atoms with van der Waals surface area (Å²) in [4.78, 5) is 8.46. The molecule has 190 valence electrons. The molecule has 2 aromatic heterocycles. The highest BCUT2D eigenvalue weighted by Crippen LogP contribution is 2.36. The molecule has 2 aromatic rings. The number of nitrogens with zero attached hydrogens (tertiary/aromatic N) is 2. The van der Waals surface area contributed by atoms with Crippen LogP contribution in [0.3, 0.4) is 0 Å². The average Bonchev–Trinajstić information content (AvgIpc) is 3.32. The summed E-state index contributed by atoms with van der Waals surface area (Å²) >= 11 is 0. The standard InChI is InChI=1S/C33H34N2.C2H6/c1-4-5-9-29(22-25(2)3)32-10-7-6-8-11-33(32)30-13-12-28(26-14-18-34-19-15-26)23-31(24-30)27-16-20-35-21-17-27;1-2/h5,7,9-10,12-24,28H,2,4,6,8,11H2,1,3H3;1-2H3/b9-5-,29-22+;. The van der Waals surface area contributed by atoms with Crippen LogP contribution >= 0.6 is 0 Å². The predicted molar refractivity (Wildman–Crippen MR) is 160 cm³/mol. The minimum atomic E-state index is 0.172. The second-order valence-corrected chi connectivity index (χ2v) is 9.07. The fourth-order valence-corrected chi connectivity index (χ4v) is 4.55. The van der Waals surface area contributed by atoms with Crippen LogP contribution in [0.15, 0.2) is 138 Å². The Morgan fingerprint density at radius 1 is 1.00 bits per heavy atom. The molecule has 2 aliphatic rings. The van der Waals surface area contributed by atoms with Crippen molar-refractivity contribution in [3.8, 4) is 0 Å². The van der Waals surface area contributed by atoms with Crippen LogP contribution in [0.2, 0.25) is 0 Å². The van der Waals surface area contributed by atoms with Crippen LogP contribution < -0.4 is 0 Å². The third kappa shape index (κ3) is 7.85. The molecule has 0 amide bonds. The van der Waals surface area contributed by atoms with Crippen molar-refractivity contribution >= 4 is 5.57 Å². The first-order chi connectivity index (χ1) is 18.2. The van der Waals surface area contributed by atoms with Gasteiger partial charge in [0.1, 0.15) is 0 Å². The van der Waals surface area contributed by atoms with Gasteiger partial charge in [0.15, 0.2) is 0 Å². The van der Waals surface area contributed by atoms with Gasteiger partial charge in [-0.3, -0.25) is 9.97 Å². The lowest BCUT2D eigenvalue weighted by Gasteiger charge is -2.15. The Morgan fingerprint density at radius 3 is 2.38 bits per heavy atom. The monoisotopic (exact) mass is 488 g/mol. The molecule has 2 heterocycles. The molecule has 2 heteroatoms. The van der Waals surface area contributed by atoms with E-state index in [1.165, 1.54) is 39.0 Å². The van der Waals surface area contributed by atoms with Crippen LogP contribution in [0.1, 0.15) is 70.4 Å². The molecule has 0 N–H and O–H groups in total. The van der Waals surface area contributed by atoms with Gasteiger partial charge in [-0.05, 0) is 102 Å². The van der Waals surface area contributed by atoms with Gasteiger partial charge in [0.25, 0.3) is 0 Å². The fourth-order valence-electron chi connectivity index (χ4n) is 4.55. The maximum absolute atomic E-state index is 4.24. The molecular formula is C35H40N2. The summed E-state index contributed by atoms with van der Waals surface area (Å²) < 4.78 is 0. The van der Waals surface area contributed by atoms with E-state index in [2.05, 4.69) is 109 Å². The maximum Gasteiger partial charge on any atom is 0.0273 e. The van der Waals surface area contributed by atoms with E-state index in [1.54, 1.807) is 0 Å². The maximum atomic E-state index is 4.24. The van der Waals surface area contributed by atoms with Crippen molar-refractivity contribution in [1.29, 1.82) is 0 Å². The van der Waals surface area contributed by atoms with Crippen LogP contribution in [0, 0.1) is 0 Å². The highest BCUT2D eigenvalue weighted by molar-refractivity contribution is 5.79. The predicted octanol–water partition coefficient (Wildman–Crippen LogP) is 9.67. The summed E-state index contributed by atoms with van der Waals surface area (Å²) in [5, 5.41) is 0. The van der Waals surface area contributed by atoms with Crippen molar-refractivity contribution in [2.45, 2.75) is 59.3 Å². The molecular weight excluding hydrogens is 448 g/mol. The molecule has 0 fully saturated rings. The van der Waals surface area contributed by atoms with Gasteiger partial charge in [-0.15, -0.1) is 0 Å². The van der Waals surface area contributed by atoms with E-state index in [4.69, 9.17) is 0 Å². The lowest BCUT2D eigenvalue weighted by molar-refractivity contribution is 0.847. The number of pyridine rings is 2. The quantitative estimate of drug-likeness (QED) is 0.362. The smallest absolute Gasteiger partial charge is 0.0273 e.